The van der Waals surface area contributed by atoms with Gasteiger partial charge in [-0.25, -0.2) is 0 Å². The van der Waals surface area contributed by atoms with Crippen molar-refractivity contribution in [2.24, 2.45) is 0 Å². The Morgan fingerprint density at radius 2 is 1.96 bits per heavy atom. The quantitative estimate of drug-likeness (QED) is 0.928. The maximum atomic E-state index is 12.9. The van der Waals surface area contributed by atoms with Crippen LogP contribution in [-0.2, 0) is 6.54 Å². The molecular weight excluding hydrogens is 324 g/mol. The number of carbonyl (C=O) groups is 1. The second-order valence-corrected chi connectivity index (χ2v) is 6.50. The van der Waals surface area contributed by atoms with Gasteiger partial charge in [0, 0.05) is 24.8 Å². The van der Waals surface area contributed by atoms with E-state index in [0.29, 0.717) is 24.2 Å². The smallest absolute Gasteiger partial charge is 0.257 e. The first-order chi connectivity index (χ1) is 11.3. The van der Waals surface area contributed by atoms with Gasteiger partial charge in [0.1, 0.15) is 0 Å². The SMILES string of the molecule is Cl.O=C(c1cnn(Cc2ccccc2)c1)N1C2CCNCC1CC2. The van der Waals surface area contributed by atoms with Crippen LogP contribution in [0.15, 0.2) is 42.7 Å². The molecule has 0 aliphatic carbocycles. The van der Waals surface area contributed by atoms with Gasteiger partial charge in [0.15, 0.2) is 0 Å². The van der Waals surface area contributed by atoms with Crippen LogP contribution < -0.4 is 5.32 Å². The van der Waals surface area contributed by atoms with E-state index in [1.807, 2.05) is 29.1 Å². The predicted molar refractivity (Wildman–Crippen MR) is 95.5 cm³/mol. The summed E-state index contributed by atoms with van der Waals surface area (Å²) in [6, 6.07) is 10.9. The summed E-state index contributed by atoms with van der Waals surface area (Å²) in [5.41, 5.74) is 1.90. The van der Waals surface area contributed by atoms with Gasteiger partial charge in [0.2, 0.25) is 0 Å². The number of amides is 1. The number of hydrogen-bond acceptors (Lipinski definition) is 3. The molecule has 0 saturated carbocycles. The van der Waals surface area contributed by atoms with Crippen molar-refractivity contribution in [3.8, 4) is 0 Å². The Morgan fingerprint density at radius 3 is 2.79 bits per heavy atom. The molecule has 6 heteroatoms. The number of benzene rings is 1. The Morgan fingerprint density at radius 1 is 1.17 bits per heavy atom. The van der Waals surface area contributed by atoms with Crippen LogP contribution in [-0.4, -0.2) is 45.8 Å². The van der Waals surface area contributed by atoms with Crippen LogP contribution in [0, 0.1) is 0 Å². The molecule has 2 aromatic rings. The second kappa shape index (κ2) is 7.36. The molecule has 1 N–H and O–H groups in total. The van der Waals surface area contributed by atoms with Crippen LogP contribution in [0.2, 0.25) is 0 Å². The highest BCUT2D eigenvalue weighted by atomic mass is 35.5. The minimum atomic E-state index is 0. The van der Waals surface area contributed by atoms with E-state index in [0.717, 1.165) is 32.4 Å². The molecule has 2 aliphatic heterocycles. The van der Waals surface area contributed by atoms with E-state index in [-0.39, 0.29) is 18.3 Å². The Labute approximate surface area is 148 Å². The molecule has 2 unspecified atom stereocenters. The molecule has 0 radical (unpaired) electrons. The molecule has 2 aliphatic rings. The van der Waals surface area contributed by atoms with Crippen molar-refractivity contribution in [2.75, 3.05) is 13.1 Å². The van der Waals surface area contributed by atoms with E-state index >= 15 is 0 Å². The highest BCUT2D eigenvalue weighted by Gasteiger charge is 2.38. The number of rotatable bonds is 3. The molecule has 128 valence electrons. The Bertz CT molecular complexity index is 673. The van der Waals surface area contributed by atoms with Gasteiger partial charge in [0.05, 0.1) is 18.3 Å². The first kappa shape index (κ1) is 17.0. The Balaban J connectivity index is 0.00000169. The zero-order valence-electron chi connectivity index (χ0n) is 13.6. The summed E-state index contributed by atoms with van der Waals surface area (Å²) >= 11 is 0. The van der Waals surface area contributed by atoms with Crippen LogP contribution in [0.1, 0.15) is 35.2 Å². The highest BCUT2D eigenvalue weighted by molar-refractivity contribution is 5.94. The summed E-state index contributed by atoms with van der Waals surface area (Å²) in [6.45, 7) is 2.63. The molecule has 1 aromatic heterocycles. The molecule has 1 amide bonds. The number of aromatic nitrogens is 2. The van der Waals surface area contributed by atoms with E-state index in [9.17, 15) is 4.79 Å². The number of nitrogens with one attached hydrogen (secondary N) is 1. The summed E-state index contributed by atoms with van der Waals surface area (Å²) < 4.78 is 1.85. The molecule has 2 atom stereocenters. The van der Waals surface area contributed by atoms with Crippen LogP contribution in [0.5, 0.6) is 0 Å². The van der Waals surface area contributed by atoms with Gasteiger partial charge in [-0.2, -0.15) is 5.10 Å². The van der Waals surface area contributed by atoms with Crippen molar-refractivity contribution in [1.29, 1.82) is 0 Å². The molecular formula is C18H23ClN4O. The fourth-order valence-corrected chi connectivity index (χ4v) is 3.79. The van der Waals surface area contributed by atoms with Gasteiger partial charge in [-0.05, 0) is 31.4 Å². The molecule has 2 fully saturated rings. The van der Waals surface area contributed by atoms with Crippen LogP contribution in [0.3, 0.4) is 0 Å². The van der Waals surface area contributed by atoms with Crippen molar-refractivity contribution in [1.82, 2.24) is 20.0 Å². The zero-order chi connectivity index (χ0) is 15.6. The highest BCUT2D eigenvalue weighted by Crippen LogP contribution is 2.29. The third-order valence-corrected chi connectivity index (χ3v) is 4.96. The number of fused-ring (bicyclic) bond motifs is 2. The standard InChI is InChI=1S/C18H22N4O.ClH/c23-18(22-16-6-7-17(22)11-19-9-8-16)15-10-20-21(13-15)12-14-4-2-1-3-5-14;/h1-5,10,13,16-17,19H,6-9,11-12H2;1H. The van der Waals surface area contributed by atoms with Crippen molar-refractivity contribution in [2.45, 2.75) is 37.9 Å². The molecule has 3 heterocycles. The topological polar surface area (TPSA) is 50.2 Å². The minimum Gasteiger partial charge on any atom is -0.331 e. The summed E-state index contributed by atoms with van der Waals surface area (Å²) in [6.07, 6.45) is 6.90. The van der Waals surface area contributed by atoms with Gasteiger partial charge in [-0.1, -0.05) is 30.3 Å². The Kier molecular flexibility index (Phi) is 5.21. The van der Waals surface area contributed by atoms with E-state index in [1.54, 1.807) is 6.20 Å². The minimum absolute atomic E-state index is 0. The number of halogens is 1. The largest absolute Gasteiger partial charge is 0.331 e. The average Bonchev–Trinajstić information content (AvgIpc) is 3.11. The number of hydrogen-bond donors (Lipinski definition) is 1. The molecule has 1 aromatic carbocycles. The summed E-state index contributed by atoms with van der Waals surface area (Å²) in [4.78, 5) is 15.0. The van der Waals surface area contributed by atoms with Crippen molar-refractivity contribution < 1.29 is 4.79 Å². The third kappa shape index (κ3) is 3.32. The molecule has 2 bridgehead atoms. The molecule has 0 spiro atoms. The monoisotopic (exact) mass is 346 g/mol. The van der Waals surface area contributed by atoms with Crippen molar-refractivity contribution in [3.05, 3.63) is 53.9 Å². The van der Waals surface area contributed by atoms with Crippen LogP contribution >= 0.6 is 12.4 Å². The van der Waals surface area contributed by atoms with E-state index in [2.05, 4.69) is 27.4 Å². The van der Waals surface area contributed by atoms with Crippen LogP contribution in [0.25, 0.3) is 0 Å². The molecule has 24 heavy (non-hydrogen) atoms. The molecule has 2 saturated heterocycles. The van der Waals surface area contributed by atoms with Gasteiger partial charge in [0.25, 0.3) is 5.91 Å². The lowest BCUT2D eigenvalue weighted by Gasteiger charge is -2.27. The molecule has 4 rings (SSSR count). The average molecular weight is 347 g/mol. The fraction of sp³-hybridized carbons (Fsp3) is 0.444. The van der Waals surface area contributed by atoms with E-state index in [4.69, 9.17) is 0 Å². The third-order valence-electron chi connectivity index (χ3n) is 4.96. The number of nitrogens with zero attached hydrogens (tertiary/aromatic N) is 3. The van der Waals surface area contributed by atoms with Gasteiger partial charge >= 0.3 is 0 Å². The first-order valence-electron chi connectivity index (χ1n) is 8.41. The van der Waals surface area contributed by atoms with Crippen LogP contribution in [0.4, 0.5) is 0 Å². The van der Waals surface area contributed by atoms with Crippen molar-refractivity contribution >= 4 is 18.3 Å². The number of carbonyl (C=O) groups excluding carboxylic acids is 1. The maximum absolute atomic E-state index is 12.9. The van der Waals surface area contributed by atoms with E-state index < -0.39 is 0 Å². The lowest BCUT2D eigenvalue weighted by molar-refractivity contribution is 0.0680. The predicted octanol–water partition coefficient (Wildman–Crippen LogP) is 2.32. The van der Waals surface area contributed by atoms with Crippen molar-refractivity contribution in [3.63, 3.8) is 0 Å². The summed E-state index contributed by atoms with van der Waals surface area (Å²) in [7, 11) is 0. The Hall–Kier alpha value is -1.85. The summed E-state index contributed by atoms with van der Waals surface area (Å²) in [5.74, 6) is 0.139. The van der Waals surface area contributed by atoms with Gasteiger partial charge in [-0.3, -0.25) is 9.48 Å². The lowest BCUT2D eigenvalue weighted by Crippen LogP contribution is -2.42. The second-order valence-electron chi connectivity index (χ2n) is 6.50. The lowest BCUT2D eigenvalue weighted by atomic mass is 10.1. The van der Waals surface area contributed by atoms with Gasteiger partial charge < -0.3 is 10.2 Å². The first-order valence-corrected chi connectivity index (χ1v) is 8.41. The van der Waals surface area contributed by atoms with Gasteiger partial charge in [-0.15, -0.1) is 12.4 Å². The van der Waals surface area contributed by atoms with E-state index in [1.165, 1.54) is 5.56 Å². The summed E-state index contributed by atoms with van der Waals surface area (Å²) in [5, 5.41) is 7.81. The normalized spacial score (nSPS) is 22.8. The fourth-order valence-electron chi connectivity index (χ4n) is 3.79. The maximum Gasteiger partial charge on any atom is 0.257 e. The molecule has 5 nitrogen and oxygen atoms in total. The zero-order valence-corrected chi connectivity index (χ0v) is 14.4.